The molecule has 3 aliphatic rings. The van der Waals surface area contributed by atoms with Gasteiger partial charge >= 0.3 is 0 Å². The topological polar surface area (TPSA) is 60.9 Å². The van der Waals surface area contributed by atoms with Crippen molar-refractivity contribution in [3.05, 3.63) is 35.4 Å². The van der Waals surface area contributed by atoms with Crippen LogP contribution in [0.1, 0.15) is 52.8 Å². The first-order chi connectivity index (χ1) is 11.6. The zero-order valence-electron chi connectivity index (χ0n) is 13.9. The molecule has 2 aliphatic heterocycles. The first-order valence-electron chi connectivity index (χ1n) is 8.98. The molecule has 128 valence electrons. The lowest BCUT2D eigenvalue weighted by Crippen LogP contribution is -2.54. The van der Waals surface area contributed by atoms with Gasteiger partial charge in [-0.15, -0.1) is 0 Å². The van der Waals surface area contributed by atoms with Crippen molar-refractivity contribution in [2.24, 2.45) is 5.92 Å². The van der Waals surface area contributed by atoms with Crippen LogP contribution in [0.2, 0.25) is 0 Å². The molecule has 5 heteroatoms. The maximum absolute atomic E-state index is 12.4. The number of hydrogen-bond acceptors (Lipinski definition) is 4. The van der Waals surface area contributed by atoms with Crippen molar-refractivity contribution in [1.29, 1.82) is 0 Å². The molecule has 4 rings (SSSR count). The first kappa shape index (κ1) is 15.8. The van der Waals surface area contributed by atoms with Crippen LogP contribution in [-0.2, 0) is 0 Å². The van der Waals surface area contributed by atoms with Crippen molar-refractivity contribution in [2.45, 2.75) is 37.7 Å². The Balaban J connectivity index is 1.38. The average molecular weight is 328 g/mol. The maximum atomic E-state index is 12.4. The molecule has 1 saturated carbocycles. The fraction of sp³-hybridized carbons (Fsp3) is 0.579. The molecule has 0 bridgehead atoms. The normalized spacial score (nSPS) is 30.4. The summed E-state index contributed by atoms with van der Waals surface area (Å²) in [6.45, 7) is 2.84. The third-order valence-electron chi connectivity index (χ3n) is 6.03. The molecule has 24 heavy (non-hydrogen) atoms. The fourth-order valence-corrected chi connectivity index (χ4v) is 4.53. The molecule has 1 aromatic rings. The van der Waals surface area contributed by atoms with Crippen molar-refractivity contribution >= 4 is 11.8 Å². The number of likely N-dealkylation sites (tertiary alicyclic amines) is 1. The van der Waals surface area contributed by atoms with E-state index < -0.39 is 5.60 Å². The van der Waals surface area contributed by atoms with Gasteiger partial charge in [-0.1, -0.05) is 25.0 Å². The van der Waals surface area contributed by atoms with E-state index in [1.165, 1.54) is 11.3 Å². The molecular weight excluding hydrogens is 304 g/mol. The predicted molar refractivity (Wildman–Crippen MR) is 89.8 cm³/mol. The van der Waals surface area contributed by atoms with E-state index in [-0.39, 0.29) is 11.8 Å². The number of benzene rings is 1. The van der Waals surface area contributed by atoms with E-state index in [2.05, 4.69) is 4.90 Å². The second kappa shape index (κ2) is 5.97. The quantitative estimate of drug-likeness (QED) is 0.861. The highest BCUT2D eigenvalue weighted by molar-refractivity contribution is 6.21. The van der Waals surface area contributed by atoms with Crippen LogP contribution in [-0.4, -0.2) is 58.5 Å². The number of carbonyl (C=O) groups excluding carboxylic acids is 2. The lowest BCUT2D eigenvalue weighted by atomic mass is 9.71. The Morgan fingerprint density at radius 2 is 1.75 bits per heavy atom. The largest absolute Gasteiger partial charge is 0.390 e. The third-order valence-corrected chi connectivity index (χ3v) is 6.03. The van der Waals surface area contributed by atoms with Crippen LogP contribution in [0.5, 0.6) is 0 Å². The van der Waals surface area contributed by atoms with E-state index in [0.717, 1.165) is 38.8 Å². The summed E-state index contributed by atoms with van der Waals surface area (Å²) in [7, 11) is 0. The number of carbonyl (C=O) groups is 2. The van der Waals surface area contributed by atoms with Gasteiger partial charge in [0.1, 0.15) is 0 Å². The van der Waals surface area contributed by atoms with Gasteiger partial charge in [0.2, 0.25) is 0 Å². The average Bonchev–Trinajstić information content (AvgIpc) is 2.84. The minimum Gasteiger partial charge on any atom is -0.390 e. The first-order valence-corrected chi connectivity index (χ1v) is 8.98. The third kappa shape index (κ3) is 2.56. The molecule has 5 nitrogen and oxygen atoms in total. The van der Waals surface area contributed by atoms with Gasteiger partial charge in [0.25, 0.3) is 11.8 Å². The zero-order valence-corrected chi connectivity index (χ0v) is 13.9. The highest BCUT2D eigenvalue weighted by Crippen LogP contribution is 2.39. The van der Waals surface area contributed by atoms with Crippen molar-refractivity contribution in [1.82, 2.24) is 9.80 Å². The summed E-state index contributed by atoms with van der Waals surface area (Å²) in [4.78, 5) is 28.5. The number of nitrogens with zero attached hydrogens (tertiary/aromatic N) is 2. The standard InChI is InChI=1S/C19H24N2O3/c22-17-15-6-1-2-7-16(15)18(23)21(17)12-11-20-10-9-19(24)8-4-3-5-14(19)13-20/h1-2,6-7,14,24H,3-5,8-13H2. The number of piperidine rings is 1. The number of imide groups is 1. The summed E-state index contributed by atoms with van der Waals surface area (Å²) in [6, 6.07) is 7.03. The smallest absolute Gasteiger partial charge is 0.261 e. The molecule has 2 amide bonds. The Kier molecular flexibility index (Phi) is 3.93. The summed E-state index contributed by atoms with van der Waals surface area (Å²) in [5, 5.41) is 10.7. The number of fused-ring (bicyclic) bond motifs is 2. The molecule has 2 fully saturated rings. The van der Waals surface area contributed by atoms with Crippen LogP contribution >= 0.6 is 0 Å². The van der Waals surface area contributed by atoms with E-state index >= 15 is 0 Å². The monoisotopic (exact) mass is 328 g/mol. The van der Waals surface area contributed by atoms with E-state index in [9.17, 15) is 14.7 Å². The fourth-order valence-electron chi connectivity index (χ4n) is 4.53. The van der Waals surface area contributed by atoms with Crippen LogP contribution in [0.15, 0.2) is 24.3 Å². The van der Waals surface area contributed by atoms with Gasteiger partial charge in [-0.2, -0.15) is 0 Å². The highest BCUT2D eigenvalue weighted by atomic mass is 16.3. The van der Waals surface area contributed by atoms with Crippen LogP contribution in [0.4, 0.5) is 0 Å². The number of hydrogen-bond donors (Lipinski definition) is 1. The molecule has 0 radical (unpaired) electrons. The second-order valence-electron chi connectivity index (χ2n) is 7.40. The highest BCUT2D eigenvalue weighted by Gasteiger charge is 2.43. The Bertz CT molecular complexity index is 639. The van der Waals surface area contributed by atoms with Crippen LogP contribution in [0.25, 0.3) is 0 Å². The van der Waals surface area contributed by atoms with Crippen molar-refractivity contribution in [3.63, 3.8) is 0 Å². The lowest BCUT2D eigenvalue weighted by Gasteiger charge is -2.47. The summed E-state index contributed by atoms with van der Waals surface area (Å²) >= 11 is 0. The molecule has 0 aromatic heterocycles. The van der Waals surface area contributed by atoms with E-state index in [1.807, 2.05) is 0 Å². The van der Waals surface area contributed by atoms with E-state index in [4.69, 9.17) is 0 Å². The Morgan fingerprint density at radius 1 is 1.04 bits per heavy atom. The molecule has 2 heterocycles. The molecule has 2 atom stereocenters. The summed E-state index contributed by atoms with van der Waals surface area (Å²) in [6.07, 6.45) is 5.13. The Hall–Kier alpha value is -1.72. The molecular formula is C19H24N2O3. The van der Waals surface area contributed by atoms with Gasteiger partial charge in [0, 0.05) is 32.1 Å². The Morgan fingerprint density at radius 3 is 2.46 bits per heavy atom. The van der Waals surface area contributed by atoms with Gasteiger partial charge in [0.05, 0.1) is 16.7 Å². The van der Waals surface area contributed by atoms with Crippen molar-refractivity contribution in [3.8, 4) is 0 Å². The minimum atomic E-state index is -0.482. The second-order valence-corrected chi connectivity index (χ2v) is 7.40. The molecule has 1 aliphatic carbocycles. The molecule has 1 N–H and O–H groups in total. The molecule has 2 unspecified atom stereocenters. The van der Waals surface area contributed by atoms with Crippen molar-refractivity contribution < 1.29 is 14.7 Å². The van der Waals surface area contributed by atoms with Crippen LogP contribution < -0.4 is 0 Å². The summed E-state index contributed by atoms with van der Waals surface area (Å²) in [5.74, 6) is -0.0225. The number of amides is 2. The summed E-state index contributed by atoms with van der Waals surface area (Å²) < 4.78 is 0. The van der Waals surface area contributed by atoms with Gasteiger partial charge < -0.3 is 10.0 Å². The van der Waals surface area contributed by atoms with Gasteiger partial charge in [-0.3, -0.25) is 14.5 Å². The maximum Gasteiger partial charge on any atom is 0.261 e. The Labute approximate surface area is 142 Å². The van der Waals surface area contributed by atoms with E-state index in [0.29, 0.717) is 30.1 Å². The van der Waals surface area contributed by atoms with Gasteiger partial charge in [-0.05, 0) is 31.4 Å². The van der Waals surface area contributed by atoms with Gasteiger partial charge in [0.15, 0.2) is 0 Å². The molecule has 1 aromatic carbocycles. The molecule has 0 spiro atoms. The van der Waals surface area contributed by atoms with Crippen molar-refractivity contribution in [2.75, 3.05) is 26.2 Å². The van der Waals surface area contributed by atoms with Gasteiger partial charge in [-0.25, -0.2) is 0 Å². The zero-order chi connectivity index (χ0) is 16.7. The van der Waals surface area contributed by atoms with Crippen LogP contribution in [0.3, 0.4) is 0 Å². The lowest BCUT2D eigenvalue weighted by molar-refractivity contribution is -0.0955. The number of aliphatic hydroxyl groups is 1. The minimum absolute atomic E-state index is 0.179. The predicted octanol–water partition coefficient (Wildman–Crippen LogP) is 1.91. The van der Waals surface area contributed by atoms with Crippen LogP contribution in [0, 0.1) is 5.92 Å². The summed E-state index contributed by atoms with van der Waals surface area (Å²) in [5.41, 5.74) is 0.551. The SMILES string of the molecule is O=C1c2ccccc2C(=O)N1CCN1CCC2(O)CCCCC2C1. The molecule has 1 saturated heterocycles. The van der Waals surface area contributed by atoms with E-state index in [1.54, 1.807) is 24.3 Å². The number of rotatable bonds is 3.